The monoisotopic (exact) mass is 272 g/mol. The Bertz CT molecular complexity index is 363. The number of esters is 1. The Morgan fingerprint density at radius 3 is 2.80 bits per heavy atom. The van der Waals surface area contributed by atoms with Gasteiger partial charge in [0.2, 0.25) is 0 Å². The van der Waals surface area contributed by atoms with E-state index in [0.29, 0.717) is 5.56 Å². The Morgan fingerprint density at radius 1 is 1.60 bits per heavy atom. The maximum Gasteiger partial charge on any atom is 0.339 e. The standard InChI is InChI=1S/C11H13BrO3/c1-3-7-4-5-8(12)6-9(7)10(13)11(14)15-2/h4-6,10,13H,3H2,1-2H3. The highest BCUT2D eigenvalue weighted by molar-refractivity contribution is 9.10. The zero-order valence-electron chi connectivity index (χ0n) is 8.66. The quantitative estimate of drug-likeness (QED) is 0.859. The molecule has 1 aromatic rings. The van der Waals surface area contributed by atoms with E-state index in [-0.39, 0.29) is 0 Å². The van der Waals surface area contributed by atoms with Crippen molar-refractivity contribution in [3.8, 4) is 0 Å². The van der Waals surface area contributed by atoms with E-state index in [1.165, 1.54) is 7.11 Å². The second-order valence-electron chi connectivity index (χ2n) is 3.12. The van der Waals surface area contributed by atoms with E-state index in [4.69, 9.17) is 0 Å². The molecule has 15 heavy (non-hydrogen) atoms. The molecule has 1 aromatic carbocycles. The van der Waals surface area contributed by atoms with Crippen LogP contribution in [-0.2, 0) is 16.0 Å². The summed E-state index contributed by atoms with van der Waals surface area (Å²) in [6.45, 7) is 1.97. The van der Waals surface area contributed by atoms with Crippen LogP contribution in [0, 0.1) is 0 Å². The number of carbonyl (C=O) groups is 1. The van der Waals surface area contributed by atoms with Crippen molar-refractivity contribution in [3.63, 3.8) is 0 Å². The lowest BCUT2D eigenvalue weighted by atomic mass is 10.0. The van der Waals surface area contributed by atoms with Gasteiger partial charge in [-0.15, -0.1) is 0 Å². The first-order valence-corrected chi connectivity index (χ1v) is 5.43. The molecule has 1 rings (SSSR count). The zero-order valence-corrected chi connectivity index (χ0v) is 10.2. The molecule has 0 aliphatic heterocycles. The number of rotatable bonds is 3. The van der Waals surface area contributed by atoms with E-state index in [1.54, 1.807) is 6.07 Å². The summed E-state index contributed by atoms with van der Waals surface area (Å²) in [5, 5.41) is 9.73. The van der Waals surface area contributed by atoms with Crippen molar-refractivity contribution in [1.29, 1.82) is 0 Å². The fraction of sp³-hybridized carbons (Fsp3) is 0.364. The summed E-state index contributed by atoms with van der Waals surface area (Å²) in [5.41, 5.74) is 1.54. The molecule has 0 saturated heterocycles. The minimum atomic E-state index is -1.21. The number of hydrogen-bond acceptors (Lipinski definition) is 3. The maximum absolute atomic E-state index is 11.2. The molecule has 82 valence electrons. The summed E-state index contributed by atoms with van der Waals surface area (Å²) in [7, 11) is 1.26. The van der Waals surface area contributed by atoms with E-state index in [9.17, 15) is 9.90 Å². The molecular formula is C11H13BrO3. The van der Waals surface area contributed by atoms with Gasteiger partial charge in [0.25, 0.3) is 0 Å². The predicted molar refractivity (Wildman–Crippen MR) is 60.5 cm³/mol. The normalized spacial score (nSPS) is 12.3. The molecule has 0 saturated carbocycles. The van der Waals surface area contributed by atoms with Gasteiger partial charge in [-0.1, -0.05) is 28.9 Å². The highest BCUT2D eigenvalue weighted by Gasteiger charge is 2.20. The van der Waals surface area contributed by atoms with Crippen molar-refractivity contribution >= 4 is 21.9 Å². The van der Waals surface area contributed by atoms with Gasteiger partial charge in [-0.2, -0.15) is 0 Å². The van der Waals surface area contributed by atoms with Gasteiger partial charge in [-0.25, -0.2) is 4.79 Å². The van der Waals surface area contributed by atoms with Crippen LogP contribution in [0.4, 0.5) is 0 Å². The third-order valence-electron chi connectivity index (χ3n) is 2.21. The first-order chi connectivity index (χ1) is 7.10. The number of carbonyl (C=O) groups excluding carboxylic acids is 1. The first-order valence-electron chi connectivity index (χ1n) is 4.64. The van der Waals surface area contributed by atoms with Crippen LogP contribution in [0.15, 0.2) is 22.7 Å². The molecule has 0 aliphatic rings. The van der Waals surface area contributed by atoms with E-state index in [1.807, 2.05) is 19.1 Å². The van der Waals surface area contributed by atoms with Crippen LogP contribution in [0.1, 0.15) is 24.2 Å². The highest BCUT2D eigenvalue weighted by atomic mass is 79.9. The fourth-order valence-corrected chi connectivity index (χ4v) is 1.76. The van der Waals surface area contributed by atoms with Gasteiger partial charge in [-0.05, 0) is 29.7 Å². The minimum absolute atomic E-state index is 0.596. The Kier molecular flexibility index (Phi) is 4.29. The number of hydrogen-bond donors (Lipinski definition) is 1. The van der Waals surface area contributed by atoms with Gasteiger partial charge in [0.05, 0.1) is 7.11 Å². The largest absolute Gasteiger partial charge is 0.467 e. The summed E-state index contributed by atoms with van der Waals surface area (Å²) in [6.07, 6.45) is -0.445. The number of aryl methyl sites for hydroxylation is 1. The van der Waals surface area contributed by atoms with Crippen LogP contribution in [0.5, 0.6) is 0 Å². The molecule has 0 amide bonds. The molecule has 0 radical (unpaired) electrons. The third kappa shape index (κ3) is 2.79. The van der Waals surface area contributed by atoms with Crippen LogP contribution in [0.2, 0.25) is 0 Å². The summed E-state index contributed by atoms with van der Waals surface area (Å²) in [6, 6.07) is 5.50. The molecule has 3 nitrogen and oxygen atoms in total. The van der Waals surface area contributed by atoms with Crippen molar-refractivity contribution in [3.05, 3.63) is 33.8 Å². The molecular weight excluding hydrogens is 260 g/mol. The molecule has 0 aliphatic carbocycles. The summed E-state index contributed by atoms with van der Waals surface area (Å²) < 4.78 is 5.33. The summed E-state index contributed by atoms with van der Waals surface area (Å²) in [5.74, 6) is -0.636. The number of ether oxygens (including phenoxy) is 1. The van der Waals surface area contributed by atoms with Crippen molar-refractivity contribution < 1.29 is 14.6 Å². The first kappa shape index (κ1) is 12.2. The molecule has 0 spiro atoms. The average molecular weight is 273 g/mol. The van der Waals surface area contributed by atoms with Gasteiger partial charge in [0.1, 0.15) is 0 Å². The van der Waals surface area contributed by atoms with Crippen LogP contribution in [-0.4, -0.2) is 18.2 Å². The van der Waals surface area contributed by atoms with Crippen molar-refractivity contribution in [2.45, 2.75) is 19.4 Å². The second kappa shape index (κ2) is 5.28. The molecule has 0 bridgehead atoms. The number of halogens is 1. The Balaban J connectivity index is 3.10. The van der Waals surface area contributed by atoms with Gasteiger partial charge < -0.3 is 9.84 Å². The molecule has 4 heteroatoms. The number of aliphatic hydroxyl groups excluding tert-OH is 1. The molecule has 0 aromatic heterocycles. The van der Waals surface area contributed by atoms with Gasteiger partial charge >= 0.3 is 5.97 Å². The smallest absolute Gasteiger partial charge is 0.339 e. The lowest BCUT2D eigenvalue weighted by Crippen LogP contribution is -2.15. The Hall–Kier alpha value is -0.870. The predicted octanol–water partition coefficient (Wildman–Crippen LogP) is 2.22. The molecule has 0 fully saturated rings. The van der Waals surface area contributed by atoms with Crippen molar-refractivity contribution in [2.75, 3.05) is 7.11 Å². The summed E-state index contributed by atoms with van der Waals surface area (Å²) >= 11 is 3.30. The Morgan fingerprint density at radius 2 is 2.27 bits per heavy atom. The Labute approximate surface area is 97.2 Å². The molecule has 1 unspecified atom stereocenters. The maximum atomic E-state index is 11.2. The van der Waals surface area contributed by atoms with E-state index >= 15 is 0 Å². The lowest BCUT2D eigenvalue weighted by Gasteiger charge is -2.13. The number of methoxy groups -OCH3 is 1. The van der Waals surface area contributed by atoms with E-state index in [2.05, 4.69) is 20.7 Å². The van der Waals surface area contributed by atoms with Crippen LogP contribution in [0.3, 0.4) is 0 Å². The SMILES string of the molecule is CCc1ccc(Br)cc1C(O)C(=O)OC. The van der Waals surface area contributed by atoms with Crippen molar-refractivity contribution in [2.24, 2.45) is 0 Å². The lowest BCUT2D eigenvalue weighted by molar-refractivity contribution is -0.150. The van der Waals surface area contributed by atoms with Gasteiger partial charge in [0.15, 0.2) is 6.10 Å². The topological polar surface area (TPSA) is 46.5 Å². The van der Waals surface area contributed by atoms with Crippen LogP contribution < -0.4 is 0 Å². The minimum Gasteiger partial charge on any atom is -0.467 e. The molecule has 1 atom stereocenters. The van der Waals surface area contributed by atoms with Crippen LogP contribution >= 0.6 is 15.9 Å². The van der Waals surface area contributed by atoms with Gasteiger partial charge in [0, 0.05) is 4.47 Å². The van der Waals surface area contributed by atoms with Crippen LogP contribution in [0.25, 0.3) is 0 Å². The number of aliphatic hydroxyl groups is 1. The van der Waals surface area contributed by atoms with E-state index in [0.717, 1.165) is 16.5 Å². The van der Waals surface area contributed by atoms with E-state index < -0.39 is 12.1 Å². The molecule has 1 N–H and O–H groups in total. The fourth-order valence-electron chi connectivity index (χ4n) is 1.38. The van der Waals surface area contributed by atoms with Crippen molar-refractivity contribution in [1.82, 2.24) is 0 Å². The summed E-state index contributed by atoms with van der Waals surface area (Å²) in [4.78, 5) is 11.2. The third-order valence-corrected chi connectivity index (χ3v) is 2.70. The highest BCUT2D eigenvalue weighted by Crippen LogP contribution is 2.24. The zero-order chi connectivity index (χ0) is 11.4. The number of benzene rings is 1. The second-order valence-corrected chi connectivity index (χ2v) is 4.04. The molecule has 0 heterocycles. The van der Waals surface area contributed by atoms with Gasteiger partial charge in [-0.3, -0.25) is 0 Å². The average Bonchev–Trinajstić information content (AvgIpc) is 2.27.